The van der Waals surface area contributed by atoms with Crippen molar-refractivity contribution in [3.8, 4) is 0 Å². The first-order valence-electron chi connectivity index (χ1n) is 10.1. The third-order valence-corrected chi connectivity index (χ3v) is 6.03. The molecular formula is C22H32N2O4S. The Bertz CT molecular complexity index is 666. The number of carbonyl (C=O) groups is 4. The van der Waals surface area contributed by atoms with Gasteiger partial charge < -0.3 is 14.9 Å². The quantitative estimate of drug-likeness (QED) is 0.251. The highest BCUT2D eigenvalue weighted by atomic mass is 32.2. The second-order valence-electron chi connectivity index (χ2n) is 6.99. The highest BCUT2D eigenvalue weighted by Gasteiger charge is 2.18. The van der Waals surface area contributed by atoms with E-state index in [9.17, 15) is 19.2 Å². The van der Waals surface area contributed by atoms with Crippen molar-refractivity contribution < 1.29 is 19.2 Å². The lowest BCUT2D eigenvalue weighted by Gasteiger charge is -2.25. The molecule has 0 aliphatic rings. The van der Waals surface area contributed by atoms with Crippen molar-refractivity contribution in [3.05, 3.63) is 29.3 Å². The summed E-state index contributed by atoms with van der Waals surface area (Å²) in [6, 6.07) is 5.29. The average Bonchev–Trinajstić information content (AvgIpc) is 2.74. The lowest BCUT2D eigenvalue weighted by molar-refractivity contribution is -0.121. The number of hydrogen-bond acceptors (Lipinski definition) is 6. The molecule has 1 N–H and O–H groups in total. The molecule has 1 unspecified atom stereocenters. The molecule has 0 fully saturated rings. The summed E-state index contributed by atoms with van der Waals surface area (Å²) >= 11 is 1.72. The molecule has 0 radical (unpaired) electrons. The Morgan fingerprint density at radius 2 is 1.93 bits per heavy atom. The maximum Gasteiger partial charge on any atom is 0.219 e. The van der Waals surface area contributed by atoms with Crippen LogP contribution in [0.15, 0.2) is 23.1 Å². The lowest BCUT2D eigenvalue weighted by Crippen LogP contribution is -2.34. The first-order valence-corrected chi connectivity index (χ1v) is 11.1. The van der Waals surface area contributed by atoms with Gasteiger partial charge in [0.05, 0.1) is 6.04 Å². The SMILES string of the molecule is CNC(=O)CCC(C=O)N(C)Cc1c(C=O)cccc1SCCCCCCC=O. The summed E-state index contributed by atoms with van der Waals surface area (Å²) in [7, 11) is 3.42. The fraction of sp³-hybridized carbons (Fsp3) is 0.545. The lowest BCUT2D eigenvalue weighted by atomic mass is 10.1. The second-order valence-corrected chi connectivity index (χ2v) is 8.13. The minimum Gasteiger partial charge on any atom is -0.359 e. The fourth-order valence-electron chi connectivity index (χ4n) is 3.03. The van der Waals surface area contributed by atoms with Crippen LogP contribution in [0.4, 0.5) is 0 Å². The Morgan fingerprint density at radius 3 is 2.59 bits per heavy atom. The molecule has 0 aromatic heterocycles. The van der Waals surface area contributed by atoms with Gasteiger partial charge in [-0.05, 0) is 43.7 Å². The van der Waals surface area contributed by atoms with Crippen LogP contribution < -0.4 is 5.32 Å². The number of rotatable bonds is 16. The summed E-state index contributed by atoms with van der Waals surface area (Å²) in [4.78, 5) is 47.8. The van der Waals surface area contributed by atoms with Crippen LogP contribution >= 0.6 is 11.8 Å². The molecule has 1 amide bonds. The van der Waals surface area contributed by atoms with Gasteiger partial charge in [-0.3, -0.25) is 14.5 Å². The van der Waals surface area contributed by atoms with Crippen LogP contribution in [-0.4, -0.2) is 55.6 Å². The van der Waals surface area contributed by atoms with Crippen molar-refractivity contribution in [1.29, 1.82) is 0 Å². The van der Waals surface area contributed by atoms with E-state index < -0.39 is 0 Å². The predicted molar refractivity (Wildman–Crippen MR) is 116 cm³/mol. The average molecular weight is 421 g/mol. The number of likely N-dealkylation sites (N-methyl/N-ethyl adjacent to an activating group) is 1. The minimum absolute atomic E-state index is 0.0945. The molecular weight excluding hydrogens is 388 g/mol. The summed E-state index contributed by atoms with van der Waals surface area (Å²) in [6.45, 7) is 0.466. The third-order valence-electron chi connectivity index (χ3n) is 4.85. The first-order chi connectivity index (χ1) is 14.1. The van der Waals surface area contributed by atoms with E-state index in [1.54, 1.807) is 24.9 Å². The van der Waals surface area contributed by atoms with Crippen LogP contribution in [0.3, 0.4) is 0 Å². The first kappa shape index (κ1) is 25.0. The molecule has 0 bridgehead atoms. The predicted octanol–water partition coefficient (Wildman–Crippen LogP) is 3.27. The summed E-state index contributed by atoms with van der Waals surface area (Å²) in [5, 5.41) is 2.56. The van der Waals surface area contributed by atoms with Gasteiger partial charge in [0.25, 0.3) is 0 Å². The van der Waals surface area contributed by atoms with Crippen LogP contribution in [0.1, 0.15) is 60.9 Å². The van der Waals surface area contributed by atoms with Gasteiger partial charge >= 0.3 is 0 Å². The van der Waals surface area contributed by atoms with Gasteiger partial charge in [0.15, 0.2) is 0 Å². The number of nitrogens with zero attached hydrogens (tertiary/aromatic N) is 1. The van der Waals surface area contributed by atoms with Crippen LogP contribution in [0.25, 0.3) is 0 Å². The monoisotopic (exact) mass is 420 g/mol. The molecule has 160 valence electrons. The van der Waals surface area contributed by atoms with Gasteiger partial charge in [0.1, 0.15) is 18.9 Å². The van der Waals surface area contributed by atoms with Gasteiger partial charge in [0, 0.05) is 36.9 Å². The van der Waals surface area contributed by atoms with E-state index in [4.69, 9.17) is 0 Å². The molecule has 0 heterocycles. The maximum atomic E-state index is 11.6. The highest BCUT2D eigenvalue weighted by molar-refractivity contribution is 7.99. The number of hydrogen-bond donors (Lipinski definition) is 1. The molecule has 1 aromatic carbocycles. The molecule has 1 rings (SSSR count). The highest BCUT2D eigenvalue weighted by Crippen LogP contribution is 2.28. The molecule has 0 saturated carbocycles. The Morgan fingerprint density at radius 1 is 1.17 bits per heavy atom. The van der Waals surface area contributed by atoms with Gasteiger partial charge in [-0.15, -0.1) is 11.8 Å². The number of carbonyl (C=O) groups excluding carboxylic acids is 4. The molecule has 1 atom stereocenters. The van der Waals surface area contributed by atoms with Crippen LogP contribution in [0, 0.1) is 0 Å². The van der Waals surface area contributed by atoms with Crippen LogP contribution in [0.2, 0.25) is 0 Å². The fourth-order valence-corrected chi connectivity index (χ4v) is 4.13. The summed E-state index contributed by atoms with van der Waals surface area (Å²) < 4.78 is 0. The summed E-state index contributed by atoms with van der Waals surface area (Å²) in [5.74, 6) is 0.844. The van der Waals surface area contributed by atoms with Crippen molar-refractivity contribution in [3.63, 3.8) is 0 Å². The van der Waals surface area contributed by atoms with E-state index in [2.05, 4.69) is 5.32 Å². The normalized spacial score (nSPS) is 11.8. The Hall–Kier alpha value is -1.99. The molecule has 0 saturated heterocycles. The van der Waals surface area contributed by atoms with E-state index in [0.717, 1.165) is 60.8 Å². The van der Waals surface area contributed by atoms with Crippen molar-refractivity contribution in [2.45, 2.75) is 62.4 Å². The van der Waals surface area contributed by atoms with Crippen molar-refractivity contribution in [1.82, 2.24) is 10.2 Å². The molecule has 0 aliphatic carbocycles. The maximum absolute atomic E-state index is 11.6. The van der Waals surface area contributed by atoms with E-state index in [1.165, 1.54) is 0 Å². The number of unbranched alkanes of at least 4 members (excludes halogenated alkanes) is 4. The minimum atomic E-state index is -0.386. The standard InChI is InChI=1S/C22H32N2O4S/c1-23-22(28)12-11-19(17-27)24(2)15-20-18(16-26)9-8-10-21(20)29-14-7-5-3-4-6-13-25/h8-10,13,16-17,19H,3-7,11-12,14-15H2,1-2H3,(H,23,28). The Balaban J connectivity index is 2.72. The zero-order chi connectivity index (χ0) is 21.5. The van der Waals surface area contributed by atoms with E-state index in [1.807, 2.05) is 24.1 Å². The zero-order valence-corrected chi connectivity index (χ0v) is 18.2. The number of nitrogens with one attached hydrogen (secondary N) is 1. The topological polar surface area (TPSA) is 83.6 Å². The van der Waals surface area contributed by atoms with Crippen LogP contribution in [-0.2, 0) is 20.9 Å². The number of thioether (sulfide) groups is 1. The van der Waals surface area contributed by atoms with Gasteiger partial charge in [-0.25, -0.2) is 0 Å². The van der Waals surface area contributed by atoms with Crippen molar-refractivity contribution in [2.75, 3.05) is 19.8 Å². The smallest absolute Gasteiger partial charge is 0.219 e. The molecule has 0 aliphatic heterocycles. The molecule has 7 heteroatoms. The number of benzene rings is 1. The Kier molecular flexibility index (Phi) is 12.9. The molecule has 1 aromatic rings. The van der Waals surface area contributed by atoms with Crippen molar-refractivity contribution >= 4 is 36.5 Å². The zero-order valence-electron chi connectivity index (χ0n) is 17.4. The number of aldehydes is 3. The van der Waals surface area contributed by atoms with Gasteiger partial charge in [-0.2, -0.15) is 0 Å². The summed E-state index contributed by atoms with van der Waals surface area (Å²) in [6.07, 6.45) is 8.14. The molecule has 29 heavy (non-hydrogen) atoms. The van der Waals surface area contributed by atoms with E-state index in [-0.39, 0.29) is 18.4 Å². The Labute approximate surface area is 177 Å². The second kappa shape index (κ2) is 14.9. The molecule has 6 nitrogen and oxygen atoms in total. The van der Waals surface area contributed by atoms with Crippen LogP contribution in [0.5, 0.6) is 0 Å². The summed E-state index contributed by atoms with van der Waals surface area (Å²) in [5.41, 5.74) is 1.55. The van der Waals surface area contributed by atoms with E-state index >= 15 is 0 Å². The van der Waals surface area contributed by atoms with Gasteiger partial charge in [0.2, 0.25) is 5.91 Å². The van der Waals surface area contributed by atoms with E-state index in [0.29, 0.717) is 24.9 Å². The third kappa shape index (κ3) is 9.37. The van der Waals surface area contributed by atoms with Gasteiger partial charge in [-0.1, -0.05) is 25.0 Å². The molecule has 0 spiro atoms. The largest absolute Gasteiger partial charge is 0.359 e. The number of amides is 1. The van der Waals surface area contributed by atoms with Crippen molar-refractivity contribution in [2.24, 2.45) is 0 Å².